The summed E-state index contributed by atoms with van der Waals surface area (Å²) in [5, 5.41) is 0. The molecule has 0 N–H and O–H groups in total. The number of nitrogens with zero attached hydrogens (tertiary/aromatic N) is 2. The van der Waals surface area contributed by atoms with Crippen molar-refractivity contribution >= 4 is 15.9 Å². The van der Waals surface area contributed by atoms with Crippen LogP contribution in [0, 0.1) is 17.8 Å². The van der Waals surface area contributed by atoms with Crippen molar-refractivity contribution in [3.05, 3.63) is 29.8 Å². The Morgan fingerprint density at radius 3 is 2.32 bits per heavy atom. The first kappa shape index (κ1) is 19.9. The molecule has 0 spiro atoms. The second-order valence-corrected chi connectivity index (χ2v) is 10.8. The third-order valence-electron chi connectivity index (χ3n) is 7.01. The Labute approximate surface area is 169 Å². The maximum Gasteiger partial charge on any atom is 0.243 e. The molecule has 2 bridgehead atoms. The van der Waals surface area contributed by atoms with Gasteiger partial charge in [0.15, 0.2) is 0 Å². The van der Waals surface area contributed by atoms with Gasteiger partial charge in [0.25, 0.3) is 0 Å². The van der Waals surface area contributed by atoms with E-state index in [-0.39, 0.29) is 5.91 Å². The first-order chi connectivity index (χ1) is 13.5. The fraction of sp³-hybridized carbons (Fsp3) is 0.682. The molecular formula is C22H32N2O3S. The summed E-state index contributed by atoms with van der Waals surface area (Å²) in [6.45, 7) is 3.91. The SMILES string of the molecule is CCCc1ccc(S(=O)(=O)N2CCN(C(=O)C[C@H]3C[C@@H]4CC[C@@H]3C4)CC2)cc1. The van der Waals surface area contributed by atoms with Crippen molar-refractivity contribution in [2.24, 2.45) is 17.8 Å². The number of fused-ring (bicyclic) bond motifs is 2. The molecule has 28 heavy (non-hydrogen) atoms. The molecule has 3 aliphatic rings. The van der Waals surface area contributed by atoms with Gasteiger partial charge in [-0.3, -0.25) is 4.79 Å². The molecule has 2 saturated carbocycles. The molecule has 1 saturated heterocycles. The van der Waals surface area contributed by atoms with Crippen molar-refractivity contribution in [2.75, 3.05) is 26.2 Å². The fourth-order valence-electron chi connectivity index (χ4n) is 5.42. The summed E-state index contributed by atoms with van der Waals surface area (Å²) in [6, 6.07) is 7.25. The lowest BCUT2D eigenvalue weighted by atomic mass is 9.86. The Morgan fingerprint density at radius 2 is 1.75 bits per heavy atom. The minimum atomic E-state index is -3.48. The number of hydrogen-bond donors (Lipinski definition) is 0. The highest BCUT2D eigenvalue weighted by molar-refractivity contribution is 7.89. The summed E-state index contributed by atoms with van der Waals surface area (Å²) in [7, 11) is -3.48. The molecule has 6 heteroatoms. The van der Waals surface area contributed by atoms with Gasteiger partial charge in [-0.25, -0.2) is 8.42 Å². The highest BCUT2D eigenvalue weighted by Gasteiger charge is 2.41. The van der Waals surface area contributed by atoms with Crippen LogP contribution in [0.2, 0.25) is 0 Å². The second kappa shape index (κ2) is 8.15. The molecule has 1 amide bonds. The number of rotatable bonds is 6. The van der Waals surface area contributed by atoms with Crippen LogP contribution in [0.3, 0.4) is 0 Å². The number of sulfonamides is 1. The van der Waals surface area contributed by atoms with Crippen LogP contribution in [0.1, 0.15) is 51.0 Å². The van der Waals surface area contributed by atoms with Gasteiger partial charge in [0.05, 0.1) is 4.90 Å². The summed E-state index contributed by atoms with van der Waals surface area (Å²) in [5.41, 5.74) is 1.16. The lowest BCUT2D eigenvalue weighted by Crippen LogP contribution is -2.50. The van der Waals surface area contributed by atoms with Crippen molar-refractivity contribution in [1.29, 1.82) is 0 Å². The molecule has 1 heterocycles. The molecule has 154 valence electrons. The third kappa shape index (κ3) is 3.99. The Hall–Kier alpha value is -1.40. The fourth-order valence-corrected chi connectivity index (χ4v) is 6.85. The van der Waals surface area contributed by atoms with Gasteiger partial charge in [0, 0.05) is 32.6 Å². The van der Waals surface area contributed by atoms with Crippen LogP contribution >= 0.6 is 0 Å². The van der Waals surface area contributed by atoms with Gasteiger partial charge in [0.1, 0.15) is 0 Å². The topological polar surface area (TPSA) is 57.7 Å². The zero-order chi connectivity index (χ0) is 19.7. The zero-order valence-electron chi connectivity index (χ0n) is 16.8. The van der Waals surface area contributed by atoms with E-state index in [0.717, 1.165) is 30.2 Å². The molecule has 0 aromatic heterocycles. The van der Waals surface area contributed by atoms with E-state index in [1.54, 1.807) is 12.1 Å². The number of hydrogen-bond acceptors (Lipinski definition) is 3. The van der Waals surface area contributed by atoms with Crippen molar-refractivity contribution in [3.63, 3.8) is 0 Å². The van der Waals surface area contributed by atoms with Gasteiger partial charge in [-0.05, 0) is 61.1 Å². The van der Waals surface area contributed by atoms with Crippen LogP contribution in [-0.2, 0) is 21.2 Å². The minimum absolute atomic E-state index is 0.221. The predicted octanol–water partition coefficient (Wildman–Crippen LogP) is 3.30. The number of amides is 1. The van der Waals surface area contributed by atoms with E-state index in [0.29, 0.717) is 43.4 Å². The Morgan fingerprint density at radius 1 is 1.04 bits per heavy atom. The quantitative estimate of drug-likeness (QED) is 0.731. The molecule has 3 fully saturated rings. The molecule has 1 aromatic carbocycles. The van der Waals surface area contributed by atoms with Crippen LogP contribution in [0.5, 0.6) is 0 Å². The molecule has 1 aliphatic heterocycles. The lowest BCUT2D eigenvalue weighted by molar-refractivity contribution is -0.133. The van der Waals surface area contributed by atoms with Gasteiger partial charge in [-0.15, -0.1) is 0 Å². The normalized spacial score (nSPS) is 28.0. The molecule has 0 radical (unpaired) electrons. The van der Waals surface area contributed by atoms with Gasteiger partial charge in [-0.2, -0.15) is 4.31 Å². The molecule has 3 atom stereocenters. The summed E-state index contributed by atoms with van der Waals surface area (Å²) in [6.07, 6.45) is 7.86. The third-order valence-corrected chi connectivity index (χ3v) is 8.93. The van der Waals surface area contributed by atoms with Crippen molar-refractivity contribution in [3.8, 4) is 0 Å². The van der Waals surface area contributed by atoms with E-state index in [2.05, 4.69) is 6.92 Å². The van der Waals surface area contributed by atoms with E-state index in [1.807, 2.05) is 17.0 Å². The lowest BCUT2D eigenvalue weighted by Gasteiger charge is -2.35. The minimum Gasteiger partial charge on any atom is -0.340 e. The number of carbonyl (C=O) groups is 1. The highest BCUT2D eigenvalue weighted by Crippen LogP contribution is 2.49. The average Bonchev–Trinajstić information content (AvgIpc) is 3.32. The summed E-state index contributed by atoms with van der Waals surface area (Å²) in [5.74, 6) is 2.40. The average molecular weight is 405 g/mol. The van der Waals surface area contributed by atoms with E-state index in [1.165, 1.54) is 30.0 Å². The predicted molar refractivity (Wildman–Crippen MR) is 109 cm³/mol. The van der Waals surface area contributed by atoms with E-state index in [9.17, 15) is 13.2 Å². The standard InChI is InChI=1S/C22H32N2O3S/c1-2-3-17-5-8-21(9-6-17)28(26,27)24-12-10-23(11-13-24)22(25)16-20-15-18-4-7-19(20)14-18/h5-6,8-9,18-20H,2-4,7,10-16H2,1H3/t18-,19-,20-/m1/s1. The zero-order valence-corrected chi connectivity index (χ0v) is 17.7. The van der Waals surface area contributed by atoms with Gasteiger partial charge in [0.2, 0.25) is 15.9 Å². The molecule has 1 aromatic rings. The van der Waals surface area contributed by atoms with Crippen LogP contribution in [-0.4, -0.2) is 49.7 Å². The smallest absolute Gasteiger partial charge is 0.243 e. The van der Waals surface area contributed by atoms with Crippen LogP contribution in [0.25, 0.3) is 0 Å². The first-order valence-corrected chi connectivity index (χ1v) is 12.3. The maximum absolute atomic E-state index is 12.9. The van der Waals surface area contributed by atoms with Gasteiger partial charge >= 0.3 is 0 Å². The maximum atomic E-state index is 12.9. The van der Waals surface area contributed by atoms with Crippen LogP contribution in [0.15, 0.2) is 29.2 Å². The largest absolute Gasteiger partial charge is 0.340 e. The van der Waals surface area contributed by atoms with Crippen molar-refractivity contribution in [1.82, 2.24) is 9.21 Å². The molecular weight excluding hydrogens is 372 g/mol. The summed E-state index contributed by atoms with van der Waals surface area (Å²) < 4.78 is 27.4. The van der Waals surface area contributed by atoms with Crippen LogP contribution in [0.4, 0.5) is 0 Å². The van der Waals surface area contributed by atoms with Gasteiger partial charge in [-0.1, -0.05) is 31.9 Å². The molecule has 5 nitrogen and oxygen atoms in total. The monoisotopic (exact) mass is 404 g/mol. The Kier molecular flexibility index (Phi) is 5.79. The number of aryl methyl sites for hydroxylation is 1. The second-order valence-electron chi connectivity index (χ2n) is 8.82. The molecule has 0 unspecified atom stereocenters. The summed E-state index contributed by atoms with van der Waals surface area (Å²) >= 11 is 0. The van der Waals surface area contributed by atoms with E-state index >= 15 is 0 Å². The number of benzene rings is 1. The number of piperazine rings is 1. The highest BCUT2D eigenvalue weighted by atomic mass is 32.2. The Balaban J connectivity index is 1.32. The van der Waals surface area contributed by atoms with Crippen LogP contribution < -0.4 is 0 Å². The van der Waals surface area contributed by atoms with Gasteiger partial charge < -0.3 is 4.90 Å². The summed E-state index contributed by atoms with van der Waals surface area (Å²) in [4.78, 5) is 14.9. The number of carbonyl (C=O) groups excluding carboxylic acids is 1. The van der Waals surface area contributed by atoms with E-state index < -0.39 is 10.0 Å². The Bertz CT molecular complexity index is 798. The molecule has 4 rings (SSSR count). The molecule has 2 aliphatic carbocycles. The first-order valence-electron chi connectivity index (χ1n) is 10.8. The van der Waals surface area contributed by atoms with Crippen molar-refractivity contribution < 1.29 is 13.2 Å². The van der Waals surface area contributed by atoms with E-state index in [4.69, 9.17) is 0 Å². The van der Waals surface area contributed by atoms with Crippen molar-refractivity contribution in [2.45, 2.75) is 56.8 Å².